The van der Waals surface area contributed by atoms with Crippen LogP contribution in [0.5, 0.6) is 0 Å². The number of thiophene rings is 1. The molecule has 0 radical (unpaired) electrons. The lowest BCUT2D eigenvalue weighted by Crippen LogP contribution is -1.97. The third kappa shape index (κ3) is 5.54. The van der Waals surface area contributed by atoms with Crippen LogP contribution >= 0.6 is 11.3 Å². The van der Waals surface area contributed by atoms with Crippen molar-refractivity contribution in [2.45, 2.75) is 0 Å². The highest BCUT2D eigenvalue weighted by Gasteiger charge is 2.20. The highest BCUT2D eigenvalue weighted by molar-refractivity contribution is 7.25. The van der Waals surface area contributed by atoms with Crippen LogP contribution in [0.25, 0.3) is 110 Å². The van der Waals surface area contributed by atoms with E-state index >= 15 is 0 Å². The largest absolute Gasteiger partial charge is 0.455 e. The van der Waals surface area contributed by atoms with Crippen LogP contribution in [0.1, 0.15) is 0 Å². The molecular formula is C50H30N4OS. The van der Waals surface area contributed by atoms with Gasteiger partial charge in [0, 0.05) is 76.7 Å². The molecule has 4 heterocycles. The minimum atomic E-state index is 0.632. The first-order chi connectivity index (χ1) is 27.7. The van der Waals surface area contributed by atoms with E-state index in [-0.39, 0.29) is 0 Å². The topological polar surface area (TPSA) is 64.7 Å². The minimum absolute atomic E-state index is 0.632. The van der Waals surface area contributed by atoms with Crippen molar-refractivity contribution in [2.75, 3.05) is 0 Å². The molecule has 56 heavy (non-hydrogen) atoms. The maximum absolute atomic E-state index is 6.75. The SMILES string of the molecule is c1ccc(-c2cnc(-c3ccc(-c4nc(-c5ccccc5)cc(-c5ccc(-c6ccc7sc8ccccc8c7c6)c6oc7ccccc7c56)n4)cc3)nc2)cc1. The molecule has 0 bridgehead atoms. The Bertz CT molecular complexity index is 3230. The van der Waals surface area contributed by atoms with Crippen molar-refractivity contribution < 1.29 is 4.42 Å². The van der Waals surface area contributed by atoms with E-state index < -0.39 is 0 Å². The molecule has 0 aliphatic rings. The number of aromatic nitrogens is 4. The van der Waals surface area contributed by atoms with Gasteiger partial charge in [-0.1, -0.05) is 133 Å². The van der Waals surface area contributed by atoms with Gasteiger partial charge in [-0.2, -0.15) is 0 Å². The third-order valence-corrected chi connectivity index (χ3v) is 11.6. The molecule has 0 saturated carbocycles. The van der Waals surface area contributed by atoms with Crippen LogP contribution in [0.3, 0.4) is 0 Å². The van der Waals surface area contributed by atoms with Gasteiger partial charge >= 0.3 is 0 Å². The first-order valence-electron chi connectivity index (χ1n) is 18.5. The van der Waals surface area contributed by atoms with Gasteiger partial charge in [-0.05, 0) is 47.5 Å². The summed E-state index contributed by atoms with van der Waals surface area (Å²) < 4.78 is 9.31. The van der Waals surface area contributed by atoms with Crippen LogP contribution in [0, 0.1) is 0 Å². The van der Waals surface area contributed by atoms with Crippen LogP contribution in [-0.2, 0) is 0 Å². The maximum Gasteiger partial charge on any atom is 0.160 e. The summed E-state index contributed by atoms with van der Waals surface area (Å²) in [6.45, 7) is 0. The normalized spacial score (nSPS) is 11.6. The number of rotatable bonds is 6. The van der Waals surface area contributed by atoms with E-state index in [1.54, 1.807) is 0 Å². The average Bonchev–Trinajstić information content (AvgIpc) is 3.85. The molecule has 0 N–H and O–H groups in total. The van der Waals surface area contributed by atoms with E-state index in [0.717, 1.165) is 77.8 Å². The fourth-order valence-electron chi connectivity index (χ4n) is 7.66. The van der Waals surface area contributed by atoms with E-state index in [1.165, 1.54) is 20.2 Å². The predicted molar refractivity (Wildman–Crippen MR) is 230 cm³/mol. The molecule has 0 amide bonds. The Balaban J connectivity index is 1.05. The van der Waals surface area contributed by atoms with Crippen LogP contribution in [-0.4, -0.2) is 19.9 Å². The lowest BCUT2D eigenvalue weighted by atomic mass is 9.95. The van der Waals surface area contributed by atoms with Gasteiger partial charge in [-0.15, -0.1) is 11.3 Å². The Kier molecular flexibility index (Phi) is 7.60. The Labute approximate surface area is 326 Å². The fourth-order valence-corrected chi connectivity index (χ4v) is 8.75. The van der Waals surface area contributed by atoms with Gasteiger partial charge in [0.1, 0.15) is 11.2 Å². The molecule has 0 spiro atoms. The maximum atomic E-state index is 6.75. The smallest absolute Gasteiger partial charge is 0.160 e. The first-order valence-corrected chi connectivity index (χ1v) is 19.3. The number of furan rings is 1. The van der Waals surface area contributed by atoms with Crippen molar-refractivity contribution >= 4 is 53.4 Å². The van der Waals surface area contributed by atoms with Crippen molar-refractivity contribution in [1.29, 1.82) is 0 Å². The lowest BCUT2D eigenvalue weighted by Gasteiger charge is -2.12. The van der Waals surface area contributed by atoms with Crippen molar-refractivity contribution in [3.05, 3.63) is 182 Å². The molecule has 0 unspecified atom stereocenters. The van der Waals surface area contributed by atoms with E-state index in [0.29, 0.717) is 11.6 Å². The van der Waals surface area contributed by atoms with Gasteiger partial charge in [0.2, 0.25) is 0 Å². The molecule has 11 aromatic rings. The zero-order chi connectivity index (χ0) is 37.0. The van der Waals surface area contributed by atoms with Crippen molar-refractivity contribution in [3.8, 4) is 67.5 Å². The molecule has 0 aliphatic heterocycles. The summed E-state index contributed by atoms with van der Waals surface area (Å²) in [6.07, 6.45) is 3.75. The summed E-state index contributed by atoms with van der Waals surface area (Å²) in [7, 11) is 0. The standard InChI is InChI=1S/C50H30N4OS/c1-3-11-31(12-4-1)36-29-51-49(52-30-36)33-19-21-34(22-20-33)50-53-42(32-13-5-2-6-14-32)28-43(54-50)39-25-24-37(48-47(39)40-16-7-9-17-44(40)55-48)35-23-26-46-41(27-35)38-15-8-10-18-45(38)56-46/h1-30H. The van der Waals surface area contributed by atoms with Gasteiger partial charge in [-0.3, -0.25) is 0 Å². The predicted octanol–water partition coefficient (Wildman–Crippen LogP) is 13.5. The summed E-state index contributed by atoms with van der Waals surface area (Å²) in [5, 5.41) is 4.61. The van der Waals surface area contributed by atoms with Crippen molar-refractivity contribution in [3.63, 3.8) is 0 Å². The van der Waals surface area contributed by atoms with Gasteiger partial charge in [-0.25, -0.2) is 19.9 Å². The fraction of sp³-hybridized carbons (Fsp3) is 0. The molecule has 262 valence electrons. The summed E-state index contributed by atoms with van der Waals surface area (Å²) in [4.78, 5) is 19.8. The third-order valence-electron chi connectivity index (χ3n) is 10.4. The van der Waals surface area contributed by atoms with E-state index in [9.17, 15) is 0 Å². The number of hydrogen-bond donors (Lipinski definition) is 0. The number of nitrogens with zero attached hydrogens (tertiary/aromatic N) is 4. The van der Waals surface area contributed by atoms with Gasteiger partial charge in [0.05, 0.1) is 11.4 Å². The van der Waals surface area contributed by atoms with E-state index in [2.05, 4.69) is 107 Å². The molecule has 0 saturated heterocycles. The molecule has 0 aliphatic carbocycles. The summed E-state index contributed by atoms with van der Waals surface area (Å²) in [6, 6.07) is 58.7. The average molecular weight is 735 g/mol. The molecule has 0 atom stereocenters. The van der Waals surface area contributed by atoms with Crippen LogP contribution in [0.15, 0.2) is 187 Å². The Morgan fingerprint density at radius 2 is 1.00 bits per heavy atom. The van der Waals surface area contributed by atoms with Gasteiger partial charge in [0.15, 0.2) is 11.6 Å². The molecule has 0 fully saturated rings. The molecule has 6 heteroatoms. The van der Waals surface area contributed by atoms with E-state index in [4.69, 9.17) is 14.4 Å². The Hall–Kier alpha value is -7.28. The highest BCUT2D eigenvalue weighted by atomic mass is 32.1. The van der Waals surface area contributed by atoms with Gasteiger partial charge < -0.3 is 4.42 Å². The molecule has 5 nitrogen and oxygen atoms in total. The van der Waals surface area contributed by atoms with Crippen molar-refractivity contribution in [1.82, 2.24) is 19.9 Å². The van der Waals surface area contributed by atoms with Crippen molar-refractivity contribution in [2.24, 2.45) is 0 Å². The summed E-state index contributed by atoms with van der Waals surface area (Å²) in [5.74, 6) is 1.30. The molecular weight excluding hydrogens is 705 g/mol. The highest BCUT2D eigenvalue weighted by Crippen LogP contribution is 2.44. The summed E-state index contributed by atoms with van der Waals surface area (Å²) in [5.41, 5.74) is 11.4. The second kappa shape index (κ2) is 13.2. The quantitative estimate of drug-likeness (QED) is 0.170. The first kappa shape index (κ1) is 32.2. The van der Waals surface area contributed by atoms with E-state index in [1.807, 2.05) is 96.5 Å². The van der Waals surface area contributed by atoms with Gasteiger partial charge in [0.25, 0.3) is 0 Å². The Morgan fingerprint density at radius 1 is 0.393 bits per heavy atom. The molecule has 7 aromatic carbocycles. The number of para-hydroxylation sites is 1. The Morgan fingerprint density at radius 3 is 1.79 bits per heavy atom. The monoisotopic (exact) mass is 734 g/mol. The molecule has 11 rings (SSSR count). The second-order valence-corrected chi connectivity index (χ2v) is 14.9. The number of fused-ring (bicyclic) bond motifs is 6. The minimum Gasteiger partial charge on any atom is -0.455 e. The lowest BCUT2D eigenvalue weighted by molar-refractivity contribution is 0.670. The zero-order valence-corrected chi connectivity index (χ0v) is 30.7. The molecule has 4 aromatic heterocycles. The van der Waals surface area contributed by atoms with Crippen LogP contribution in [0.2, 0.25) is 0 Å². The van der Waals surface area contributed by atoms with Crippen LogP contribution < -0.4 is 0 Å². The second-order valence-electron chi connectivity index (χ2n) is 13.8. The number of hydrogen-bond acceptors (Lipinski definition) is 6. The summed E-state index contributed by atoms with van der Waals surface area (Å²) >= 11 is 1.83. The van der Waals surface area contributed by atoms with Crippen LogP contribution in [0.4, 0.5) is 0 Å². The zero-order valence-electron chi connectivity index (χ0n) is 29.9. The number of benzene rings is 7.